The molecule has 1 fully saturated rings. The van der Waals surface area contributed by atoms with Crippen molar-refractivity contribution < 1.29 is 27.6 Å². The minimum Gasteiger partial charge on any atom is -0.376 e. The molecule has 1 aromatic rings. The molecule has 2 heterocycles. The molecule has 1 N–H and O–H groups in total. The first kappa shape index (κ1) is 29.7. The summed E-state index contributed by atoms with van der Waals surface area (Å²) in [7, 11) is -4.38. The summed E-state index contributed by atoms with van der Waals surface area (Å²) in [5.74, 6) is 0. The molecule has 0 aromatic carbocycles. The van der Waals surface area contributed by atoms with Crippen molar-refractivity contribution in [1.29, 1.82) is 0 Å². The molecular formula is C16H21Cl6N2O8P. The van der Waals surface area contributed by atoms with Crippen LogP contribution in [0.3, 0.4) is 0 Å². The van der Waals surface area contributed by atoms with Gasteiger partial charge < -0.3 is 9.47 Å². The SMILES string of the molecule is CCO[C@H]1C[C@H](n2cc(C)c(=O)[nH]c2=O)O[C@@H]1COP(=O)(OCC(Cl)(Cl)Cl)OCC(Cl)(Cl)Cl. The largest absolute Gasteiger partial charge is 0.475 e. The molecule has 0 unspecified atom stereocenters. The second kappa shape index (κ2) is 12.1. The van der Waals surface area contributed by atoms with Crippen molar-refractivity contribution in [2.24, 2.45) is 0 Å². The number of phosphoric acid groups is 1. The van der Waals surface area contributed by atoms with Crippen LogP contribution in [0.1, 0.15) is 25.1 Å². The molecule has 17 heteroatoms. The van der Waals surface area contributed by atoms with E-state index in [9.17, 15) is 14.2 Å². The number of aromatic nitrogens is 2. The molecule has 0 bridgehead atoms. The van der Waals surface area contributed by atoms with E-state index in [2.05, 4.69) is 4.98 Å². The van der Waals surface area contributed by atoms with Crippen molar-refractivity contribution in [3.63, 3.8) is 0 Å². The molecule has 10 nitrogen and oxygen atoms in total. The number of aromatic amines is 1. The summed E-state index contributed by atoms with van der Waals surface area (Å²) in [5, 5.41) is 0. The first-order valence-electron chi connectivity index (χ1n) is 9.39. The van der Waals surface area contributed by atoms with Crippen molar-refractivity contribution in [3.8, 4) is 0 Å². The van der Waals surface area contributed by atoms with Crippen molar-refractivity contribution in [2.45, 2.75) is 46.3 Å². The van der Waals surface area contributed by atoms with Gasteiger partial charge in [-0.2, -0.15) is 0 Å². The maximum absolute atomic E-state index is 13.0. The summed E-state index contributed by atoms with van der Waals surface area (Å²) in [6, 6.07) is 0. The van der Waals surface area contributed by atoms with Gasteiger partial charge in [-0.15, -0.1) is 0 Å². The number of nitrogens with zero attached hydrogens (tertiary/aromatic N) is 1. The molecule has 0 saturated carbocycles. The molecule has 1 aromatic heterocycles. The van der Waals surface area contributed by atoms with E-state index in [0.717, 1.165) is 0 Å². The van der Waals surface area contributed by atoms with Crippen LogP contribution in [0.25, 0.3) is 0 Å². The van der Waals surface area contributed by atoms with E-state index in [0.29, 0.717) is 12.2 Å². The summed E-state index contributed by atoms with van der Waals surface area (Å²) >= 11 is 33.8. The fourth-order valence-corrected chi connectivity index (χ4v) is 4.83. The molecule has 0 amide bonds. The number of halogens is 6. The third-order valence-corrected chi connectivity index (χ3v) is 6.20. The molecule has 1 saturated heterocycles. The van der Waals surface area contributed by atoms with E-state index in [1.807, 2.05) is 0 Å². The molecule has 0 aliphatic carbocycles. The maximum atomic E-state index is 13.0. The lowest BCUT2D eigenvalue weighted by molar-refractivity contribution is -0.0617. The highest BCUT2D eigenvalue weighted by molar-refractivity contribution is 7.48. The number of hydrogen-bond acceptors (Lipinski definition) is 8. The van der Waals surface area contributed by atoms with Gasteiger partial charge in [0, 0.05) is 24.8 Å². The lowest BCUT2D eigenvalue weighted by Gasteiger charge is -2.24. The van der Waals surface area contributed by atoms with Crippen molar-refractivity contribution in [1.82, 2.24) is 9.55 Å². The first-order chi connectivity index (χ1) is 15.1. The standard InChI is InChI=1S/C16H21Cl6N2O8P/c1-3-28-10-4-12(24-5-9(2)13(25)23-14(24)26)32-11(10)6-29-33(27,30-7-15(17,18)19)31-8-16(20,21)22/h5,10-12H,3-4,6-8H2,1-2H3,(H,23,25,26)/t10-,11+,12+/m0/s1. The third-order valence-electron chi connectivity index (χ3n) is 4.19. The van der Waals surface area contributed by atoms with Crippen LogP contribution >= 0.6 is 77.4 Å². The smallest absolute Gasteiger partial charge is 0.376 e. The first-order valence-corrected chi connectivity index (χ1v) is 13.1. The lowest BCUT2D eigenvalue weighted by atomic mass is 10.2. The minimum absolute atomic E-state index is 0.238. The molecule has 2 rings (SSSR count). The zero-order valence-corrected chi connectivity index (χ0v) is 22.7. The second-order valence-corrected chi connectivity index (χ2v) is 13.6. The Hall–Kier alpha value is 0.450. The molecule has 0 radical (unpaired) electrons. The summed E-state index contributed by atoms with van der Waals surface area (Å²) in [6.45, 7) is 1.97. The van der Waals surface area contributed by atoms with Gasteiger partial charge in [0.1, 0.15) is 25.5 Å². The zero-order valence-electron chi connectivity index (χ0n) is 17.3. The van der Waals surface area contributed by atoms with Gasteiger partial charge in [0.2, 0.25) is 7.59 Å². The van der Waals surface area contributed by atoms with Gasteiger partial charge in [-0.25, -0.2) is 9.36 Å². The van der Waals surface area contributed by atoms with Gasteiger partial charge in [0.05, 0.1) is 12.7 Å². The van der Waals surface area contributed by atoms with E-state index in [-0.39, 0.29) is 13.0 Å². The fourth-order valence-electron chi connectivity index (χ4n) is 2.79. The molecule has 3 atom stereocenters. The number of H-pyrrole nitrogens is 1. The highest BCUT2D eigenvalue weighted by atomic mass is 35.6. The van der Waals surface area contributed by atoms with E-state index >= 15 is 0 Å². The van der Waals surface area contributed by atoms with Crippen LogP contribution in [0, 0.1) is 6.92 Å². The van der Waals surface area contributed by atoms with Crippen molar-refractivity contribution in [2.75, 3.05) is 26.4 Å². The Morgan fingerprint density at radius 2 is 1.70 bits per heavy atom. The van der Waals surface area contributed by atoms with E-state index in [1.165, 1.54) is 10.8 Å². The zero-order chi connectivity index (χ0) is 25.0. The van der Waals surface area contributed by atoms with Crippen LogP contribution in [0.2, 0.25) is 0 Å². The average Bonchev–Trinajstić information content (AvgIpc) is 3.08. The number of aryl methyl sites for hydroxylation is 1. The topological polar surface area (TPSA) is 118 Å². The monoisotopic (exact) mass is 610 g/mol. The Labute approximate surface area is 219 Å². The van der Waals surface area contributed by atoms with E-state index in [1.54, 1.807) is 13.8 Å². The fraction of sp³-hybridized carbons (Fsp3) is 0.750. The van der Waals surface area contributed by atoms with Gasteiger partial charge in [0.25, 0.3) is 5.56 Å². The van der Waals surface area contributed by atoms with Crippen LogP contribution in [0.15, 0.2) is 15.8 Å². The number of rotatable bonds is 10. The second-order valence-electron chi connectivity index (χ2n) is 6.86. The third kappa shape index (κ3) is 9.79. The lowest BCUT2D eigenvalue weighted by Crippen LogP contribution is -2.33. The van der Waals surface area contributed by atoms with Crippen LogP contribution in [0.4, 0.5) is 0 Å². The normalized spacial score (nSPS) is 22.1. The quantitative estimate of drug-likeness (QED) is 0.304. The number of phosphoric ester groups is 1. The predicted molar refractivity (Wildman–Crippen MR) is 126 cm³/mol. The predicted octanol–water partition coefficient (Wildman–Crippen LogP) is 4.44. The molecule has 190 valence electrons. The van der Waals surface area contributed by atoms with E-state index in [4.69, 9.17) is 92.7 Å². The summed E-state index contributed by atoms with van der Waals surface area (Å²) in [4.78, 5) is 26.1. The molecule has 0 spiro atoms. The van der Waals surface area contributed by atoms with Crippen LogP contribution in [-0.4, -0.2) is 55.8 Å². The van der Waals surface area contributed by atoms with Crippen LogP contribution in [0.5, 0.6) is 0 Å². The summed E-state index contributed by atoms with van der Waals surface area (Å²) in [5.41, 5.74) is -0.848. The molecule has 1 aliphatic heterocycles. The summed E-state index contributed by atoms with van der Waals surface area (Å²) < 4.78 is 37.4. The Balaban J connectivity index is 2.16. The summed E-state index contributed by atoms with van der Waals surface area (Å²) in [6.07, 6.45) is -0.551. The Kier molecular flexibility index (Phi) is 10.9. The van der Waals surface area contributed by atoms with Gasteiger partial charge >= 0.3 is 13.5 Å². The molecule has 1 aliphatic rings. The Bertz CT molecular complexity index is 940. The van der Waals surface area contributed by atoms with E-state index < -0.39 is 58.3 Å². The van der Waals surface area contributed by atoms with Crippen LogP contribution in [-0.2, 0) is 27.6 Å². The molecular weight excluding hydrogens is 592 g/mol. The van der Waals surface area contributed by atoms with Crippen molar-refractivity contribution in [3.05, 3.63) is 32.6 Å². The highest BCUT2D eigenvalue weighted by Gasteiger charge is 2.41. The Morgan fingerprint density at radius 3 is 2.21 bits per heavy atom. The molecule has 33 heavy (non-hydrogen) atoms. The number of alkyl halides is 6. The maximum Gasteiger partial charge on any atom is 0.475 e. The Morgan fingerprint density at radius 1 is 1.12 bits per heavy atom. The van der Waals surface area contributed by atoms with Gasteiger partial charge in [-0.3, -0.25) is 27.9 Å². The average molecular weight is 613 g/mol. The number of nitrogens with one attached hydrogen (secondary N) is 1. The van der Waals surface area contributed by atoms with Crippen molar-refractivity contribution >= 4 is 77.4 Å². The van der Waals surface area contributed by atoms with Gasteiger partial charge in [0.15, 0.2) is 0 Å². The van der Waals surface area contributed by atoms with Crippen LogP contribution < -0.4 is 11.2 Å². The van der Waals surface area contributed by atoms with Gasteiger partial charge in [-0.05, 0) is 13.8 Å². The minimum atomic E-state index is -4.38. The number of ether oxygens (including phenoxy) is 2. The van der Waals surface area contributed by atoms with Gasteiger partial charge in [-0.1, -0.05) is 69.6 Å². The number of hydrogen-bond donors (Lipinski definition) is 1. The highest BCUT2D eigenvalue weighted by Crippen LogP contribution is 2.53.